The fourth-order valence-corrected chi connectivity index (χ4v) is 2.00. The van der Waals surface area contributed by atoms with Crippen LogP contribution in [0, 0.1) is 11.8 Å². The maximum absolute atomic E-state index is 12.2. The quantitative estimate of drug-likeness (QED) is 0.674. The van der Waals surface area contributed by atoms with E-state index in [-0.39, 0.29) is 11.6 Å². The highest BCUT2D eigenvalue weighted by molar-refractivity contribution is 6.24. The van der Waals surface area contributed by atoms with Crippen LogP contribution in [-0.2, 0) is 0 Å². The number of nitrogens with one attached hydrogen (secondary N) is 1. The summed E-state index contributed by atoms with van der Waals surface area (Å²) in [6.45, 7) is 2.51. The number of allylic oxidation sites excluding steroid dienone is 2. The molecule has 20 heavy (non-hydrogen) atoms. The first kappa shape index (κ1) is 14.1. The standard InChI is InChI=1S/C17H17NO2/c1-2-3-4-5-8-11-18-15-12-16(19)13-9-6-7-10-14(13)17(15)20/h6-7,9-10,12,18H,2-4,11H2,1H3. The summed E-state index contributed by atoms with van der Waals surface area (Å²) in [4.78, 5) is 24.1. The van der Waals surface area contributed by atoms with Crippen LogP contribution in [0.4, 0.5) is 0 Å². The molecule has 0 bridgehead atoms. The zero-order chi connectivity index (χ0) is 14.4. The van der Waals surface area contributed by atoms with Gasteiger partial charge >= 0.3 is 0 Å². The van der Waals surface area contributed by atoms with Crippen LogP contribution in [0.25, 0.3) is 0 Å². The van der Waals surface area contributed by atoms with Gasteiger partial charge in [0.05, 0.1) is 12.2 Å². The fraction of sp³-hybridized carbons (Fsp3) is 0.294. The molecule has 0 unspecified atom stereocenters. The van der Waals surface area contributed by atoms with Crippen molar-refractivity contribution in [3.05, 3.63) is 47.2 Å². The summed E-state index contributed by atoms with van der Waals surface area (Å²) in [5, 5.41) is 2.94. The van der Waals surface area contributed by atoms with Gasteiger partial charge in [0.1, 0.15) is 0 Å². The maximum atomic E-state index is 12.2. The Morgan fingerprint density at radius 1 is 1.10 bits per heavy atom. The Balaban J connectivity index is 2.02. The number of unbranched alkanes of at least 4 members (excludes halogenated alkanes) is 2. The number of carbonyl (C=O) groups excluding carboxylic acids is 2. The molecule has 0 saturated heterocycles. The van der Waals surface area contributed by atoms with E-state index in [9.17, 15) is 9.59 Å². The molecule has 2 rings (SSSR count). The van der Waals surface area contributed by atoms with Crippen LogP contribution in [0.2, 0.25) is 0 Å². The highest BCUT2D eigenvalue weighted by Gasteiger charge is 2.24. The van der Waals surface area contributed by atoms with E-state index in [0.29, 0.717) is 23.4 Å². The van der Waals surface area contributed by atoms with Gasteiger partial charge in [-0.1, -0.05) is 43.5 Å². The molecule has 1 aromatic carbocycles. The Hall–Kier alpha value is -2.34. The van der Waals surface area contributed by atoms with Gasteiger partial charge in [-0.2, -0.15) is 0 Å². The maximum Gasteiger partial charge on any atom is 0.209 e. The number of carbonyl (C=O) groups is 2. The normalized spacial score (nSPS) is 13.2. The number of Topliss-reactive ketones (excluding diaryl/α,β-unsaturated/α-hetero) is 1. The second-order valence-electron chi connectivity index (χ2n) is 4.61. The molecule has 102 valence electrons. The lowest BCUT2D eigenvalue weighted by atomic mass is 9.93. The molecule has 0 heterocycles. The van der Waals surface area contributed by atoms with Crippen molar-refractivity contribution in [2.24, 2.45) is 0 Å². The van der Waals surface area contributed by atoms with Crippen LogP contribution in [0.1, 0.15) is 46.9 Å². The van der Waals surface area contributed by atoms with Crippen molar-refractivity contribution in [3.63, 3.8) is 0 Å². The molecule has 0 amide bonds. The Morgan fingerprint density at radius 3 is 2.60 bits per heavy atom. The molecule has 0 spiro atoms. The van der Waals surface area contributed by atoms with Gasteiger partial charge in [0.2, 0.25) is 5.78 Å². The third kappa shape index (κ3) is 3.16. The molecule has 1 N–H and O–H groups in total. The third-order valence-electron chi connectivity index (χ3n) is 3.10. The van der Waals surface area contributed by atoms with Crippen LogP contribution in [-0.4, -0.2) is 18.1 Å². The van der Waals surface area contributed by atoms with Gasteiger partial charge in [-0.05, 0) is 6.42 Å². The average molecular weight is 267 g/mol. The lowest BCUT2D eigenvalue weighted by Gasteiger charge is -2.14. The summed E-state index contributed by atoms with van der Waals surface area (Å²) in [7, 11) is 0. The zero-order valence-electron chi connectivity index (χ0n) is 11.5. The van der Waals surface area contributed by atoms with E-state index in [1.54, 1.807) is 24.3 Å². The minimum atomic E-state index is -0.143. The topological polar surface area (TPSA) is 46.2 Å². The minimum Gasteiger partial charge on any atom is -0.371 e. The minimum absolute atomic E-state index is 0.137. The molecule has 1 aromatic rings. The van der Waals surface area contributed by atoms with E-state index in [0.717, 1.165) is 19.3 Å². The van der Waals surface area contributed by atoms with Crippen LogP contribution in [0.15, 0.2) is 36.0 Å². The monoisotopic (exact) mass is 267 g/mol. The van der Waals surface area contributed by atoms with Crippen LogP contribution < -0.4 is 5.32 Å². The zero-order valence-corrected chi connectivity index (χ0v) is 11.5. The Morgan fingerprint density at radius 2 is 1.85 bits per heavy atom. The van der Waals surface area contributed by atoms with E-state index in [1.807, 2.05) is 0 Å². The average Bonchev–Trinajstić information content (AvgIpc) is 2.47. The van der Waals surface area contributed by atoms with Crippen molar-refractivity contribution in [3.8, 4) is 11.8 Å². The summed E-state index contributed by atoms with van der Waals surface area (Å²) >= 11 is 0. The van der Waals surface area contributed by atoms with Crippen LogP contribution in [0.3, 0.4) is 0 Å². The molecule has 0 saturated carbocycles. The highest BCUT2D eigenvalue weighted by Crippen LogP contribution is 2.19. The molecule has 0 aliphatic heterocycles. The molecular formula is C17H17NO2. The van der Waals surface area contributed by atoms with Gasteiger partial charge in [0, 0.05) is 23.6 Å². The second kappa shape index (κ2) is 6.72. The van der Waals surface area contributed by atoms with Gasteiger partial charge < -0.3 is 5.32 Å². The van der Waals surface area contributed by atoms with Gasteiger partial charge in [0.25, 0.3) is 0 Å². The smallest absolute Gasteiger partial charge is 0.209 e. The van der Waals surface area contributed by atoms with E-state index >= 15 is 0 Å². The predicted octanol–water partition coefficient (Wildman–Crippen LogP) is 2.73. The Bertz CT molecular complexity index is 617. The molecule has 3 nitrogen and oxygen atoms in total. The number of fused-ring (bicyclic) bond motifs is 1. The van der Waals surface area contributed by atoms with Crippen molar-refractivity contribution in [1.29, 1.82) is 0 Å². The summed E-state index contributed by atoms with van der Waals surface area (Å²) in [6, 6.07) is 6.87. The number of ketones is 2. The van der Waals surface area contributed by atoms with Crippen LogP contribution >= 0.6 is 0 Å². The third-order valence-corrected chi connectivity index (χ3v) is 3.10. The molecule has 0 atom stereocenters. The first-order valence-corrected chi connectivity index (χ1v) is 6.83. The van der Waals surface area contributed by atoms with Crippen molar-refractivity contribution in [2.45, 2.75) is 26.2 Å². The lowest BCUT2D eigenvalue weighted by Crippen LogP contribution is -2.27. The van der Waals surface area contributed by atoms with Crippen LogP contribution in [0.5, 0.6) is 0 Å². The van der Waals surface area contributed by atoms with E-state index in [1.165, 1.54) is 6.08 Å². The second-order valence-corrected chi connectivity index (χ2v) is 4.61. The van der Waals surface area contributed by atoms with E-state index in [4.69, 9.17) is 0 Å². The van der Waals surface area contributed by atoms with Gasteiger partial charge in [-0.25, -0.2) is 0 Å². The molecule has 1 aliphatic rings. The number of rotatable bonds is 4. The largest absolute Gasteiger partial charge is 0.371 e. The van der Waals surface area contributed by atoms with Crippen molar-refractivity contribution in [2.75, 3.05) is 6.54 Å². The molecule has 3 heteroatoms. The predicted molar refractivity (Wildman–Crippen MR) is 78.5 cm³/mol. The number of benzene rings is 1. The van der Waals surface area contributed by atoms with Crippen molar-refractivity contribution >= 4 is 11.6 Å². The van der Waals surface area contributed by atoms with E-state index in [2.05, 4.69) is 24.1 Å². The molecule has 0 radical (unpaired) electrons. The van der Waals surface area contributed by atoms with Gasteiger partial charge in [0.15, 0.2) is 5.78 Å². The fourth-order valence-electron chi connectivity index (χ4n) is 2.00. The SMILES string of the molecule is CCCCC#CCNC1=CC(=O)c2ccccc2C1=O. The summed E-state index contributed by atoms with van der Waals surface area (Å²) < 4.78 is 0. The summed E-state index contributed by atoms with van der Waals surface area (Å²) in [5.41, 5.74) is 1.26. The molecule has 0 fully saturated rings. The molecule has 1 aliphatic carbocycles. The number of hydrogen-bond acceptors (Lipinski definition) is 3. The number of hydrogen-bond donors (Lipinski definition) is 1. The Kier molecular flexibility index (Phi) is 4.73. The first-order valence-electron chi connectivity index (χ1n) is 6.83. The van der Waals surface area contributed by atoms with E-state index < -0.39 is 0 Å². The van der Waals surface area contributed by atoms with Gasteiger partial charge in [-0.3, -0.25) is 9.59 Å². The molecular weight excluding hydrogens is 250 g/mol. The first-order chi connectivity index (χ1) is 9.74. The highest BCUT2D eigenvalue weighted by atomic mass is 16.1. The van der Waals surface area contributed by atoms with Crippen molar-refractivity contribution < 1.29 is 9.59 Å². The summed E-state index contributed by atoms with van der Waals surface area (Å²) in [5.74, 6) is 5.72. The lowest BCUT2D eigenvalue weighted by molar-refractivity contribution is 0.0979. The van der Waals surface area contributed by atoms with Crippen molar-refractivity contribution in [1.82, 2.24) is 5.32 Å². The molecule has 0 aromatic heterocycles. The Labute approximate surface area is 119 Å². The van der Waals surface area contributed by atoms with Gasteiger partial charge in [-0.15, -0.1) is 5.92 Å². The summed E-state index contributed by atoms with van der Waals surface area (Å²) in [6.07, 6.45) is 4.43.